The summed E-state index contributed by atoms with van der Waals surface area (Å²) in [5.41, 5.74) is 3.67. The molecular formula is C16H20N4O. The minimum absolute atomic E-state index is 0.0533. The van der Waals surface area contributed by atoms with Crippen molar-refractivity contribution in [2.45, 2.75) is 31.8 Å². The number of hydrogen-bond acceptors (Lipinski definition) is 2. The minimum Gasteiger partial charge on any atom is -0.335 e. The normalized spacial score (nSPS) is 15.5. The van der Waals surface area contributed by atoms with Crippen molar-refractivity contribution >= 4 is 6.03 Å². The first-order valence-corrected chi connectivity index (χ1v) is 7.24. The standard InChI is InChI=1S/C16H20N4O/c1-11(14-9-17-20(2)10-14)18-16(21)19-15-7-12-5-3-4-6-13(12)8-15/h3-6,9-11,15H,7-8H2,1-2H3,(H2,18,19,21)/t11-/m0/s1. The molecule has 0 saturated heterocycles. The van der Waals surface area contributed by atoms with Crippen molar-refractivity contribution < 1.29 is 4.79 Å². The number of aromatic nitrogens is 2. The van der Waals surface area contributed by atoms with E-state index in [0.717, 1.165) is 18.4 Å². The summed E-state index contributed by atoms with van der Waals surface area (Å²) in [6.45, 7) is 1.96. The van der Waals surface area contributed by atoms with E-state index in [1.165, 1.54) is 11.1 Å². The number of fused-ring (bicyclic) bond motifs is 1. The Labute approximate surface area is 124 Å². The highest BCUT2D eigenvalue weighted by Gasteiger charge is 2.23. The van der Waals surface area contributed by atoms with E-state index in [1.807, 2.05) is 32.3 Å². The molecule has 1 aliphatic rings. The highest BCUT2D eigenvalue weighted by Crippen LogP contribution is 2.21. The third-order valence-electron chi connectivity index (χ3n) is 3.96. The molecule has 0 bridgehead atoms. The summed E-state index contributed by atoms with van der Waals surface area (Å²) in [5.74, 6) is 0. The monoisotopic (exact) mass is 284 g/mol. The van der Waals surface area contributed by atoms with Gasteiger partial charge in [0.2, 0.25) is 0 Å². The van der Waals surface area contributed by atoms with Crippen molar-refractivity contribution in [1.29, 1.82) is 0 Å². The lowest BCUT2D eigenvalue weighted by Gasteiger charge is -2.16. The summed E-state index contributed by atoms with van der Waals surface area (Å²) in [7, 11) is 1.87. The maximum absolute atomic E-state index is 12.1. The van der Waals surface area contributed by atoms with E-state index < -0.39 is 0 Å². The molecular weight excluding hydrogens is 264 g/mol. The van der Waals surface area contributed by atoms with Crippen molar-refractivity contribution in [1.82, 2.24) is 20.4 Å². The molecule has 2 amide bonds. The van der Waals surface area contributed by atoms with E-state index in [0.29, 0.717) is 0 Å². The molecule has 1 heterocycles. The van der Waals surface area contributed by atoms with Crippen LogP contribution in [0.1, 0.15) is 29.7 Å². The molecule has 21 heavy (non-hydrogen) atoms. The number of amides is 2. The van der Waals surface area contributed by atoms with Crippen molar-refractivity contribution in [3.8, 4) is 0 Å². The van der Waals surface area contributed by atoms with Crippen LogP contribution in [0.25, 0.3) is 0 Å². The lowest BCUT2D eigenvalue weighted by atomic mass is 10.1. The Morgan fingerprint density at radius 1 is 1.33 bits per heavy atom. The lowest BCUT2D eigenvalue weighted by molar-refractivity contribution is 0.234. The molecule has 2 aromatic rings. The van der Waals surface area contributed by atoms with Gasteiger partial charge < -0.3 is 10.6 Å². The van der Waals surface area contributed by atoms with Gasteiger partial charge in [-0.3, -0.25) is 4.68 Å². The van der Waals surface area contributed by atoms with Crippen molar-refractivity contribution in [2.75, 3.05) is 0 Å². The topological polar surface area (TPSA) is 59.0 Å². The Bertz CT molecular complexity index is 624. The smallest absolute Gasteiger partial charge is 0.315 e. The van der Waals surface area contributed by atoms with Gasteiger partial charge in [0, 0.05) is 24.8 Å². The molecule has 2 N–H and O–H groups in total. The van der Waals surface area contributed by atoms with Gasteiger partial charge in [-0.15, -0.1) is 0 Å². The number of nitrogens with zero attached hydrogens (tertiary/aromatic N) is 2. The maximum Gasteiger partial charge on any atom is 0.315 e. The Balaban J connectivity index is 1.54. The van der Waals surface area contributed by atoms with Gasteiger partial charge in [-0.2, -0.15) is 5.10 Å². The number of aryl methyl sites for hydroxylation is 1. The van der Waals surface area contributed by atoms with E-state index >= 15 is 0 Å². The number of nitrogens with one attached hydrogen (secondary N) is 2. The SMILES string of the molecule is C[C@H](NC(=O)NC1Cc2ccccc2C1)c1cnn(C)c1. The number of urea groups is 1. The second-order valence-corrected chi connectivity index (χ2v) is 5.66. The van der Waals surface area contributed by atoms with Gasteiger partial charge in [0.15, 0.2) is 0 Å². The molecule has 1 aromatic carbocycles. The molecule has 5 heteroatoms. The second-order valence-electron chi connectivity index (χ2n) is 5.66. The molecule has 3 rings (SSSR count). The molecule has 0 radical (unpaired) electrons. The molecule has 0 aliphatic heterocycles. The van der Waals surface area contributed by atoms with Crippen LogP contribution in [0.5, 0.6) is 0 Å². The van der Waals surface area contributed by atoms with Crippen LogP contribution in [0.15, 0.2) is 36.7 Å². The predicted octanol–water partition coefficient (Wildman–Crippen LogP) is 1.95. The van der Waals surface area contributed by atoms with E-state index in [4.69, 9.17) is 0 Å². The number of carbonyl (C=O) groups excluding carboxylic acids is 1. The third kappa shape index (κ3) is 3.07. The average molecular weight is 284 g/mol. The van der Waals surface area contributed by atoms with E-state index in [9.17, 15) is 4.79 Å². The fourth-order valence-electron chi connectivity index (χ4n) is 2.83. The minimum atomic E-state index is -0.121. The number of rotatable bonds is 3. The zero-order chi connectivity index (χ0) is 14.8. The van der Waals surface area contributed by atoms with Crippen LogP contribution in [-0.2, 0) is 19.9 Å². The Morgan fingerprint density at radius 3 is 2.57 bits per heavy atom. The largest absolute Gasteiger partial charge is 0.335 e. The van der Waals surface area contributed by atoms with Crippen molar-refractivity contribution in [2.24, 2.45) is 7.05 Å². The molecule has 0 saturated carbocycles. The van der Waals surface area contributed by atoms with Crippen LogP contribution < -0.4 is 10.6 Å². The van der Waals surface area contributed by atoms with E-state index in [-0.39, 0.29) is 18.1 Å². The highest BCUT2D eigenvalue weighted by atomic mass is 16.2. The van der Waals surface area contributed by atoms with Crippen LogP contribution in [0.4, 0.5) is 4.79 Å². The van der Waals surface area contributed by atoms with Crippen molar-refractivity contribution in [3.05, 3.63) is 53.3 Å². The van der Waals surface area contributed by atoms with Gasteiger partial charge in [0.1, 0.15) is 0 Å². The van der Waals surface area contributed by atoms with E-state index in [1.54, 1.807) is 10.9 Å². The zero-order valence-corrected chi connectivity index (χ0v) is 12.3. The highest BCUT2D eigenvalue weighted by molar-refractivity contribution is 5.75. The van der Waals surface area contributed by atoms with Crippen LogP contribution >= 0.6 is 0 Å². The zero-order valence-electron chi connectivity index (χ0n) is 12.3. The fraction of sp³-hybridized carbons (Fsp3) is 0.375. The lowest BCUT2D eigenvalue weighted by Crippen LogP contribution is -2.43. The third-order valence-corrected chi connectivity index (χ3v) is 3.96. The van der Waals surface area contributed by atoms with Crippen LogP contribution in [0, 0.1) is 0 Å². The van der Waals surface area contributed by atoms with E-state index in [2.05, 4.69) is 27.9 Å². The van der Waals surface area contributed by atoms with Gasteiger partial charge in [-0.1, -0.05) is 24.3 Å². The fourth-order valence-corrected chi connectivity index (χ4v) is 2.83. The van der Waals surface area contributed by atoms with Gasteiger partial charge in [-0.05, 0) is 30.9 Å². The number of benzene rings is 1. The number of carbonyl (C=O) groups is 1. The van der Waals surface area contributed by atoms with Gasteiger partial charge in [0.25, 0.3) is 0 Å². The molecule has 1 atom stereocenters. The Kier molecular flexibility index (Phi) is 3.64. The van der Waals surface area contributed by atoms with Gasteiger partial charge >= 0.3 is 6.03 Å². The van der Waals surface area contributed by atoms with Gasteiger partial charge in [0.05, 0.1) is 12.2 Å². The summed E-state index contributed by atoms with van der Waals surface area (Å²) < 4.78 is 1.74. The van der Waals surface area contributed by atoms with Crippen LogP contribution in [0.2, 0.25) is 0 Å². The maximum atomic E-state index is 12.1. The molecule has 110 valence electrons. The summed E-state index contributed by atoms with van der Waals surface area (Å²) in [6.07, 6.45) is 5.50. The molecule has 0 fully saturated rings. The quantitative estimate of drug-likeness (QED) is 0.905. The summed E-state index contributed by atoms with van der Waals surface area (Å²) in [4.78, 5) is 12.1. The average Bonchev–Trinajstić information content (AvgIpc) is 3.03. The number of hydrogen-bond donors (Lipinski definition) is 2. The first kappa shape index (κ1) is 13.7. The summed E-state index contributed by atoms with van der Waals surface area (Å²) >= 11 is 0. The van der Waals surface area contributed by atoms with Crippen molar-refractivity contribution in [3.63, 3.8) is 0 Å². The van der Waals surface area contributed by atoms with Crippen LogP contribution in [-0.4, -0.2) is 21.9 Å². The Hall–Kier alpha value is -2.30. The Morgan fingerprint density at radius 2 is 2.00 bits per heavy atom. The van der Waals surface area contributed by atoms with Gasteiger partial charge in [-0.25, -0.2) is 4.79 Å². The molecule has 5 nitrogen and oxygen atoms in total. The molecule has 1 aromatic heterocycles. The van der Waals surface area contributed by atoms with Crippen LogP contribution in [0.3, 0.4) is 0 Å². The summed E-state index contributed by atoms with van der Waals surface area (Å²) in [5, 5.41) is 10.1. The molecule has 0 unspecified atom stereocenters. The first-order chi connectivity index (χ1) is 10.1. The summed E-state index contributed by atoms with van der Waals surface area (Å²) in [6, 6.07) is 8.37. The second kappa shape index (κ2) is 5.60. The first-order valence-electron chi connectivity index (χ1n) is 7.24. The molecule has 0 spiro atoms. The molecule has 1 aliphatic carbocycles. The predicted molar refractivity (Wildman–Crippen MR) is 80.9 cm³/mol.